The van der Waals surface area contributed by atoms with E-state index in [2.05, 4.69) is 25.5 Å². The molecule has 1 aromatic heterocycles. The van der Waals surface area contributed by atoms with Gasteiger partial charge >= 0.3 is 12.2 Å². The van der Waals surface area contributed by atoms with Gasteiger partial charge < -0.3 is 25.2 Å². The Labute approximate surface area is 217 Å². The third-order valence-corrected chi connectivity index (χ3v) is 7.04. The second-order valence-electron chi connectivity index (χ2n) is 9.52. The Morgan fingerprint density at radius 1 is 1.18 bits per heavy atom. The maximum Gasteiger partial charge on any atom is 0.416 e. The van der Waals surface area contributed by atoms with Gasteiger partial charge in [0.15, 0.2) is 0 Å². The van der Waals surface area contributed by atoms with E-state index in [9.17, 15) is 27.9 Å². The Morgan fingerprint density at radius 3 is 2.53 bits per heavy atom. The number of amides is 2. The van der Waals surface area contributed by atoms with Crippen LogP contribution in [0.2, 0.25) is 0 Å². The van der Waals surface area contributed by atoms with Gasteiger partial charge in [-0.25, -0.2) is 4.98 Å². The number of carbonyl (C=O) groups excluding carboxylic acids is 2. The van der Waals surface area contributed by atoms with Gasteiger partial charge in [-0.15, -0.1) is 0 Å². The zero-order valence-corrected chi connectivity index (χ0v) is 21.0. The molecule has 0 radical (unpaired) electrons. The highest BCUT2D eigenvalue weighted by Crippen LogP contribution is 2.42. The molecule has 2 amide bonds. The number of nitrogens with one attached hydrogen (secondary N) is 2. The molecule has 206 valence electrons. The van der Waals surface area contributed by atoms with E-state index in [-0.39, 0.29) is 36.1 Å². The van der Waals surface area contributed by atoms with Gasteiger partial charge in [-0.3, -0.25) is 14.5 Å². The summed E-state index contributed by atoms with van der Waals surface area (Å²) in [5, 5.41) is 16.4. The lowest BCUT2D eigenvalue weighted by Gasteiger charge is -2.48. The van der Waals surface area contributed by atoms with Gasteiger partial charge in [0.1, 0.15) is 0 Å². The van der Waals surface area contributed by atoms with Crippen molar-refractivity contribution < 1.29 is 37.3 Å². The number of aliphatic hydroxyl groups is 1. The van der Waals surface area contributed by atoms with Gasteiger partial charge in [-0.05, 0) is 43.9 Å². The largest absolute Gasteiger partial charge is 0.481 e. The van der Waals surface area contributed by atoms with Crippen molar-refractivity contribution >= 4 is 11.8 Å². The van der Waals surface area contributed by atoms with Crippen molar-refractivity contribution in [3.05, 3.63) is 47.2 Å². The van der Waals surface area contributed by atoms with E-state index in [1.165, 1.54) is 26.5 Å². The summed E-state index contributed by atoms with van der Waals surface area (Å²) in [7, 11) is 2.93. The topological polar surface area (TPSA) is 126 Å². The van der Waals surface area contributed by atoms with E-state index in [0.29, 0.717) is 31.5 Å². The lowest BCUT2D eigenvalue weighted by Crippen LogP contribution is -2.63. The van der Waals surface area contributed by atoms with Crippen molar-refractivity contribution in [2.75, 3.05) is 33.9 Å². The highest BCUT2D eigenvalue weighted by atomic mass is 19.4. The average Bonchev–Trinajstić information content (AvgIpc) is 2.89. The molecule has 0 spiro atoms. The molecule has 10 nitrogen and oxygen atoms in total. The van der Waals surface area contributed by atoms with E-state index in [0.717, 1.165) is 31.0 Å². The zero-order chi connectivity index (χ0) is 27.5. The lowest BCUT2D eigenvalue weighted by molar-refractivity contribution is -0.137. The molecular weight excluding hydrogens is 507 g/mol. The summed E-state index contributed by atoms with van der Waals surface area (Å²) in [4.78, 5) is 34.9. The number of alkyl halides is 3. The van der Waals surface area contributed by atoms with E-state index >= 15 is 0 Å². The first-order valence-corrected chi connectivity index (χ1v) is 12.2. The van der Waals surface area contributed by atoms with E-state index in [1.54, 1.807) is 0 Å². The number of ether oxygens (including phenoxy) is 2. The second-order valence-corrected chi connectivity index (χ2v) is 9.52. The molecule has 2 heterocycles. The van der Waals surface area contributed by atoms with Crippen LogP contribution in [0.15, 0.2) is 30.5 Å². The molecule has 13 heteroatoms. The van der Waals surface area contributed by atoms with E-state index in [1.807, 2.05) is 0 Å². The number of rotatable bonds is 8. The second kappa shape index (κ2) is 11.1. The Balaban J connectivity index is 1.20. The van der Waals surface area contributed by atoms with Crippen molar-refractivity contribution in [1.29, 1.82) is 0 Å². The van der Waals surface area contributed by atoms with Gasteiger partial charge in [-0.2, -0.15) is 18.2 Å². The molecule has 1 saturated heterocycles. The molecule has 1 aliphatic carbocycles. The van der Waals surface area contributed by atoms with Crippen LogP contribution in [0.25, 0.3) is 0 Å². The molecule has 1 saturated carbocycles. The minimum Gasteiger partial charge on any atom is -0.481 e. The van der Waals surface area contributed by atoms with Crippen LogP contribution in [0.4, 0.5) is 13.2 Å². The molecule has 3 N–H and O–H groups in total. The molecule has 2 fully saturated rings. The molecule has 2 aromatic rings. The number of benzene rings is 1. The van der Waals surface area contributed by atoms with Gasteiger partial charge in [-0.1, -0.05) is 6.07 Å². The van der Waals surface area contributed by atoms with Crippen molar-refractivity contribution in [3.8, 4) is 11.9 Å². The van der Waals surface area contributed by atoms with Crippen LogP contribution in [0.5, 0.6) is 11.9 Å². The monoisotopic (exact) mass is 537 g/mol. The van der Waals surface area contributed by atoms with E-state index < -0.39 is 29.2 Å². The van der Waals surface area contributed by atoms with Crippen molar-refractivity contribution in [2.24, 2.45) is 0 Å². The summed E-state index contributed by atoms with van der Waals surface area (Å²) < 4.78 is 48.9. The van der Waals surface area contributed by atoms with Crippen LogP contribution in [0, 0.1) is 0 Å². The quantitative estimate of drug-likeness (QED) is 0.466. The molecule has 1 aliphatic heterocycles. The average molecular weight is 538 g/mol. The molecule has 0 atom stereocenters. The summed E-state index contributed by atoms with van der Waals surface area (Å²) in [6.45, 7) is 0.921. The number of methoxy groups -OCH3 is 2. The number of hydrogen-bond acceptors (Lipinski definition) is 8. The van der Waals surface area contributed by atoms with Crippen LogP contribution < -0.4 is 20.1 Å². The van der Waals surface area contributed by atoms with Crippen LogP contribution in [-0.2, 0) is 16.6 Å². The van der Waals surface area contributed by atoms with Gasteiger partial charge in [0.05, 0.1) is 43.5 Å². The maximum absolute atomic E-state index is 12.8. The normalized spacial score (nSPS) is 22.3. The zero-order valence-electron chi connectivity index (χ0n) is 21.0. The summed E-state index contributed by atoms with van der Waals surface area (Å²) in [5.74, 6) is -0.890. The van der Waals surface area contributed by atoms with E-state index in [4.69, 9.17) is 9.47 Å². The van der Waals surface area contributed by atoms with Crippen molar-refractivity contribution in [1.82, 2.24) is 25.5 Å². The molecular formula is C25H30F3N5O5. The van der Waals surface area contributed by atoms with Crippen LogP contribution in [-0.4, -0.2) is 77.7 Å². The Hall–Kier alpha value is -3.45. The first-order chi connectivity index (χ1) is 18.0. The summed E-state index contributed by atoms with van der Waals surface area (Å²) >= 11 is 0. The molecule has 38 heavy (non-hydrogen) atoms. The molecule has 2 aliphatic rings. The lowest BCUT2D eigenvalue weighted by atomic mass is 9.77. The summed E-state index contributed by atoms with van der Waals surface area (Å²) in [6, 6.07) is 4.34. The fourth-order valence-electron chi connectivity index (χ4n) is 4.92. The first kappa shape index (κ1) is 27.6. The number of likely N-dealkylation sites (tertiary alicyclic amines) is 1. The minimum absolute atomic E-state index is 0.0937. The van der Waals surface area contributed by atoms with Gasteiger partial charge in [0, 0.05) is 30.9 Å². The smallest absolute Gasteiger partial charge is 0.416 e. The first-order valence-electron chi connectivity index (χ1n) is 12.2. The van der Waals surface area contributed by atoms with Gasteiger partial charge in [0.2, 0.25) is 11.8 Å². The minimum atomic E-state index is -4.56. The SMILES string of the molecule is COc1ncc([C@]2(O)CC[C@H](N3CC(NC(=O)CNC(=O)c4cccc(C(F)(F)F)c4)C3)CC2)c(OC)n1. The molecule has 0 bridgehead atoms. The predicted molar refractivity (Wildman–Crippen MR) is 129 cm³/mol. The fourth-order valence-corrected chi connectivity index (χ4v) is 4.92. The molecule has 1 aromatic carbocycles. The van der Waals surface area contributed by atoms with Crippen LogP contribution in [0.3, 0.4) is 0 Å². The number of aromatic nitrogens is 2. The highest BCUT2D eigenvalue weighted by molar-refractivity contribution is 5.96. The summed E-state index contributed by atoms with van der Waals surface area (Å²) in [6.07, 6.45) is -0.555. The van der Waals surface area contributed by atoms with Crippen LogP contribution >= 0.6 is 0 Å². The van der Waals surface area contributed by atoms with Crippen molar-refractivity contribution in [3.63, 3.8) is 0 Å². The number of hydrogen-bond donors (Lipinski definition) is 3. The van der Waals surface area contributed by atoms with Crippen molar-refractivity contribution in [2.45, 2.75) is 49.5 Å². The molecule has 4 rings (SSSR count). The number of carbonyl (C=O) groups is 2. The number of halogens is 3. The Bertz CT molecular complexity index is 1160. The van der Waals surface area contributed by atoms with Crippen LogP contribution in [0.1, 0.15) is 47.2 Å². The third kappa shape index (κ3) is 6.16. The third-order valence-electron chi connectivity index (χ3n) is 7.04. The molecule has 0 unspecified atom stereocenters. The number of nitrogens with zero attached hydrogens (tertiary/aromatic N) is 3. The highest BCUT2D eigenvalue weighted by Gasteiger charge is 2.42. The van der Waals surface area contributed by atoms with Gasteiger partial charge in [0.25, 0.3) is 5.91 Å². The Kier molecular flexibility index (Phi) is 8.07. The summed E-state index contributed by atoms with van der Waals surface area (Å²) in [5.41, 5.74) is -1.68. The predicted octanol–water partition coefficient (Wildman–Crippen LogP) is 1.87. The Morgan fingerprint density at radius 2 is 1.89 bits per heavy atom. The standard InChI is InChI=1S/C25H30F3N5O5/c1-37-22-19(11-30-23(32-22)38-2)24(36)8-6-18(7-9-24)33-13-17(14-33)31-20(34)12-29-21(35)15-4-3-5-16(10-15)25(26,27)28/h3-5,10-11,17-18,36H,6-9,12-14H2,1-2H3,(H,29,35)(H,31,34)/t18-,24-. The maximum atomic E-state index is 12.8. The fraction of sp³-hybridized carbons (Fsp3) is 0.520.